The number of nitrogens with zero attached hydrogens (tertiary/aromatic N) is 4. The fourth-order valence-electron chi connectivity index (χ4n) is 4.17. The van der Waals surface area contributed by atoms with Crippen LogP contribution in [0.25, 0.3) is 16.9 Å². The molecule has 6 nitrogen and oxygen atoms in total. The van der Waals surface area contributed by atoms with Crippen LogP contribution in [0.4, 0.5) is 5.82 Å². The first-order valence-corrected chi connectivity index (χ1v) is 11.7. The van der Waals surface area contributed by atoms with Gasteiger partial charge in [0.15, 0.2) is 11.5 Å². The Hall–Kier alpha value is -3.54. The zero-order chi connectivity index (χ0) is 22.8. The molecule has 0 bridgehead atoms. The standard InChI is InChI=1S/C27H29N5O/c1-18(26(33)21-11-12-21)19(2)27-30-25-10-6-9-23(32(25)31-27)22-13-14-24(29-17-22)28-16-15-20-7-4-3-5-8-20/h3-10,13-14,17-19,21H,11-12,15-16H2,1-2H3,(H,28,29). The van der Waals surface area contributed by atoms with Gasteiger partial charge in [0.2, 0.25) is 0 Å². The fraction of sp³-hybridized carbons (Fsp3) is 0.333. The first-order chi connectivity index (χ1) is 16.1. The first kappa shape index (κ1) is 21.3. The molecule has 5 rings (SSSR count). The highest BCUT2D eigenvalue weighted by Crippen LogP contribution is 2.36. The maximum absolute atomic E-state index is 12.5. The van der Waals surface area contributed by atoms with Gasteiger partial charge in [-0.25, -0.2) is 14.5 Å². The van der Waals surface area contributed by atoms with Crippen LogP contribution in [0.15, 0.2) is 66.9 Å². The van der Waals surface area contributed by atoms with E-state index >= 15 is 0 Å². The Balaban J connectivity index is 1.31. The molecular formula is C27H29N5O. The summed E-state index contributed by atoms with van der Waals surface area (Å²) in [4.78, 5) is 21.9. The van der Waals surface area contributed by atoms with Crippen LogP contribution in [0, 0.1) is 11.8 Å². The van der Waals surface area contributed by atoms with Crippen LogP contribution < -0.4 is 5.32 Å². The molecule has 168 valence electrons. The first-order valence-electron chi connectivity index (χ1n) is 11.7. The second-order valence-electron chi connectivity index (χ2n) is 9.00. The molecule has 0 saturated heterocycles. The molecule has 2 unspecified atom stereocenters. The monoisotopic (exact) mass is 439 g/mol. The minimum Gasteiger partial charge on any atom is -0.370 e. The Morgan fingerprint density at radius 3 is 2.61 bits per heavy atom. The number of ketones is 1. The summed E-state index contributed by atoms with van der Waals surface area (Å²) < 4.78 is 1.86. The number of hydrogen-bond acceptors (Lipinski definition) is 5. The number of carbonyl (C=O) groups excluding carboxylic acids is 1. The molecule has 0 spiro atoms. The molecule has 1 aromatic carbocycles. The Labute approximate surface area is 194 Å². The SMILES string of the molecule is CC(C(=O)C1CC1)C(C)c1nc2cccc(-c3ccc(NCCc4ccccc4)nc3)n2n1. The van der Waals surface area contributed by atoms with Gasteiger partial charge in [0.05, 0.1) is 5.69 Å². The van der Waals surface area contributed by atoms with Crippen molar-refractivity contribution < 1.29 is 4.79 Å². The Bertz CT molecular complexity index is 1240. The van der Waals surface area contributed by atoms with Gasteiger partial charge >= 0.3 is 0 Å². The van der Waals surface area contributed by atoms with E-state index < -0.39 is 0 Å². The van der Waals surface area contributed by atoms with Gasteiger partial charge in [-0.15, -0.1) is 0 Å². The van der Waals surface area contributed by atoms with Gasteiger partial charge in [-0.3, -0.25) is 4.79 Å². The Morgan fingerprint density at radius 1 is 1.06 bits per heavy atom. The molecule has 33 heavy (non-hydrogen) atoms. The molecule has 4 aromatic rings. The molecule has 2 atom stereocenters. The summed E-state index contributed by atoms with van der Waals surface area (Å²) >= 11 is 0. The number of benzene rings is 1. The third-order valence-corrected chi connectivity index (χ3v) is 6.58. The van der Waals surface area contributed by atoms with E-state index in [0.29, 0.717) is 5.78 Å². The zero-order valence-corrected chi connectivity index (χ0v) is 19.1. The van der Waals surface area contributed by atoms with E-state index in [1.54, 1.807) is 0 Å². The lowest BCUT2D eigenvalue weighted by Crippen LogP contribution is -2.20. The number of anilines is 1. The molecule has 0 aliphatic heterocycles. The van der Waals surface area contributed by atoms with Gasteiger partial charge < -0.3 is 5.32 Å². The van der Waals surface area contributed by atoms with Gasteiger partial charge in [-0.1, -0.05) is 50.2 Å². The lowest BCUT2D eigenvalue weighted by molar-refractivity contribution is -0.124. The van der Waals surface area contributed by atoms with Gasteiger partial charge in [0, 0.05) is 36.1 Å². The number of carbonyl (C=O) groups is 1. The number of pyridine rings is 2. The third-order valence-electron chi connectivity index (χ3n) is 6.58. The van der Waals surface area contributed by atoms with Crippen molar-refractivity contribution in [3.8, 4) is 11.3 Å². The van der Waals surface area contributed by atoms with Crippen LogP contribution in [-0.2, 0) is 11.2 Å². The molecular weight excluding hydrogens is 410 g/mol. The molecule has 3 heterocycles. The van der Waals surface area contributed by atoms with Gasteiger partial charge in [0.1, 0.15) is 11.6 Å². The zero-order valence-electron chi connectivity index (χ0n) is 19.1. The van der Waals surface area contributed by atoms with Gasteiger partial charge in [0.25, 0.3) is 0 Å². The van der Waals surface area contributed by atoms with Crippen LogP contribution in [-0.4, -0.2) is 31.9 Å². The molecule has 0 amide bonds. The Kier molecular flexibility index (Phi) is 5.90. The minimum atomic E-state index is -0.0683. The predicted molar refractivity (Wildman–Crippen MR) is 130 cm³/mol. The van der Waals surface area contributed by atoms with Crippen molar-refractivity contribution in [1.82, 2.24) is 19.6 Å². The summed E-state index contributed by atoms with van der Waals surface area (Å²) in [5, 5.41) is 8.18. The van der Waals surface area contributed by atoms with E-state index in [1.807, 2.05) is 48.0 Å². The minimum absolute atomic E-state index is 0.0137. The summed E-state index contributed by atoms with van der Waals surface area (Å²) in [6.07, 6.45) is 4.88. The molecule has 6 heteroatoms. The van der Waals surface area contributed by atoms with Crippen molar-refractivity contribution in [3.05, 3.63) is 78.2 Å². The van der Waals surface area contributed by atoms with E-state index in [1.165, 1.54) is 5.56 Å². The highest BCUT2D eigenvalue weighted by atomic mass is 16.1. The third kappa shape index (κ3) is 4.65. The molecule has 1 aliphatic rings. The average Bonchev–Trinajstić information content (AvgIpc) is 3.61. The quantitative estimate of drug-likeness (QED) is 0.390. The number of Topliss-reactive ketones (excluding diaryl/α,β-unsaturated/α-hetero) is 1. The van der Waals surface area contributed by atoms with Crippen molar-refractivity contribution in [2.45, 2.75) is 39.0 Å². The summed E-state index contributed by atoms with van der Waals surface area (Å²) in [7, 11) is 0. The maximum atomic E-state index is 12.5. The summed E-state index contributed by atoms with van der Waals surface area (Å²) in [5.41, 5.74) is 3.99. The van der Waals surface area contributed by atoms with E-state index in [-0.39, 0.29) is 17.8 Å². The Morgan fingerprint density at radius 2 is 1.88 bits per heavy atom. The number of nitrogens with one attached hydrogen (secondary N) is 1. The van der Waals surface area contributed by atoms with Gasteiger partial charge in [-0.05, 0) is 49.1 Å². The number of aromatic nitrogens is 4. The number of rotatable bonds is 9. The average molecular weight is 440 g/mol. The molecule has 1 aliphatic carbocycles. The smallest absolute Gasteiger partial charge is 0.156 e. The van der Waals surface area contributed by atoms with Crippen molar-refractivity contribution in [2.75, 3.05) is 11.9 Å². The fourth-order valence-corrected chi connectivity index (χ4v) is 4.17. The van der Waals surface area contributed by atoms with E-state index in [4.69, 9.17) is 10.1 Å². The molecule has 1 N–H and O–H groups in total. The molecule has 1 saturated carbocycles. The number of fused-ring (bicyclic) bond motifs is 1. The second kappa shape index (κ2) is 9.14. The number of hydrogen-bond donors (Lipinski definition) is 1. The summed E-state index contributed by atoms with van der Waals surface area (Å²) in [6, 6.07) is 20.4. The summed E-state index contributed by atoms with van der Waals surface area (Å²) in [5.74, 6) is 2.08. The van der Waals surface area contributed by atoms with Crippen LogP contribution in [0.2, 0.25) is 0 Å². The van der Waals surface area contributed by atoms with E-state index in [2.05, 4.69) is 47.6 Å². The van der Waals surface area contributed by atoms with Gasteiger partial charge in [-0.2, -0.15) is 5.10 Å². The van der Waals surface area contributed by atoms with Crippen LogP contribution >= 0.6 is 0 Å². The predicted octanol–water partition coefficient (Wildman–Crippen LogP) is 5.16. The highest BCUT2D eigenvalue weighted by Gasteiger charge is 2.36. The summed E-state index contributed by atoms with van der Waals surface area (Å²) in [6.45, 7) is 4.89. The lowest BCUT2D eigenvalue weighted by atomic mass is 9.89. The van der Waals surface area contributed by atoms with Crippen molar-refractivity contribution in [3.63, 3.8) is 0 Å². The second-order valence-corrected chi connectivity index (χ2v) is 9.00. The van der Waals surface area contributed by atoms with Crippen LogP contribution in [0.1, 0.15) is 44.0 Å². The largest absolute Gasteiger partial charge is 0.370 e. The topological polar surface area (TPSA) is 72.2 Å². The molecule has 0 radical (unpaired) electrons. The van der Waals surface area contributed by atoms with E-state index in [9.17, 15) is 4.79 Å². The van der Waals surface area contributed by atoms with Crippen molar-refractivity contribution >= 4 is 17.2 Å². The normalized spacial score (nSPS) is 15.3. The molecule has 3 aromatic heterocycles. The molecule has 1 fully saturated rings. The van der Waals surface area contributed by atoms with E-state index in [0.717, 1.165) is 54.4 Å². The van der Waals surface area contributed by atoms with Crippen molar-refractivity contribution in [1.29, 1.82) is 0 Å². The lowest BCUT2D eigenvalue weighted by Gasteiger charge is -2.15. The maximum Gasteiger partial charge on any atom is 0.156 e. The van der Waals surface area contributed by atoms with Crippen LogP contribution in [0.3, 0.4) is 0 Å². The van der Waals surface area contributed by atoms with Crippen LogP contribution in [0.5, 0.6) is 0 Å². The highest BCUT2D eigenvalue weighted by molar-refractivity contribution is 5.85. The van der Waals surface area contributed by atoms with Crippen molar-refractivity contribution in [2.24, 2.45) is 11.8 Å².